The fraction of sp³-hybridized carbons (Fsp3) is 0.444. The molecule has 1 saturated heterocycles. The van der Waals surface area contributed by atoms with E-state index in [-0.39, 0.29) is 6.03 Å². The number of aromatic amines is 1. The Hall–Kier alpha value is -2.54. The number of carbonyl (C=O) groups is 1. The van der Waals surface area contributed by atoms with Gasteiger partial charge < -0.3 is 20.4 Å². The highest BCUT2D eigenvalue weighted by molar-refractivity contribution is 5.89. The minimum absolute atomic E-state index is 0.0263. The zero-order valence-corrected chi connectivity index (χ0v) is 14.5. The van der Waals surface area contributed by atoms with E-state index >= 15 is 0 Å². The van der Waals surface area contributed by atoms with E-state index < -0.39 is 0 Å². The number of nitrogens with zero attached hydrogens (tertiary/aromatic N) is 3. The normalized spacial score (nSPS) is 17.3. The molecule has 0 saturated carbocycles. The molecule has 0 aliphatic carbocycles. The van der Waals surface area contributed by atoms with Crippen molar-refractivity contribution in [3.05, 3.63) is 41.1 Å². The minimum Gasteiger partial charge on any atom is -0.352 e. The minimum atomic E-state index is -0.0263. The Balaban J connectivity index is 1.34. The van der Waals surface area contributed by atoms with Crippen molar-refractivity contribution in [3.63, 3.8) is 0 Å². The number of piperazine rings is 1. The maximum atomic E-state index is 12.5. The third-order valence-corrected chi connectivity index (χ3v) is 4.93. The summed E-state index contributed by atoms with van der Waals surface area (Å²) in [6.45, 7) is 6.89. The average molecular weight is 340 g/mol. The Labute approximate surface area is 147 Å². The standard InChI is InChI=1S/C18H24N6O/c1-13-10-17(22-21-13)23-6-8-24(9-7-23)18(25)20-16-3-2-14-4-5-19-12-15(14)11-16/h2-3,10-11,19H,4-9,12H2,1H3,(H,20,25)(H,21,22). The van der Waals surface area contributed by atoms with Gasteiger partial charge in [0, 0.05) is 50.2 Å². The lowest BCUT2D eigenvalue weighted by atomic mass is 10.0. The first kappa shape index (κ1) is 16.0. The summed E-state index contributed by atoms with van der Waals surface area (Å²) >= 11 is 0. The number of H-pyrrole nitrogens is 1. The van der Waals surface area contributed by atoms with E-state index in [4.69, 9.17) is 0 Å². The van der Waals surface area contributed by atoms with Crippen molar-refractivity contribution in [2.24, 2.45) is 0 Å². The predicted octanol–water partition coefficient (Wildman–Crippen LogP) is 1.72. The molecule has 0 unspecified atom stereocenters. The van der Waals surface area contributed by atoms with Crippen LogP contribution in [0.1, 0.15) is 16.8 Å². The van der Waals surface area contributed by atoms with Crippen molar-refractivity contribution in [1.82, 2.24) is 20.4 Å². The predicted molar refractivity (Wildman–Crippen MR) is 98.0 cm³/mol. The molecule has 1 aromatic heterocycles. The van der Waals surface area contributed by atoms with Crippen molar-refractivity contribution in [1.29, 1.82) is 0 Å². The van der Waals surface area contributed by atoms with Crippen LogP contribution in [0, 0.1) is 6.92 Å². The fourth-order valence-electron chi connectivity index (χ4n) is 3.47. The van der Waals surface area contributed by atoms with Crippen LogP contribution in [0.5, 0.6) is 0 Å². The highest BCUT2D eigenvalue weighted by Crippen LogP contribution is 2.20. The monoisotopic (exact) mass is 340 g/mol. The molecule has 3 N–H and O–H groups in total. The number of urea groups is 1. The molecular weight excluding hydrogens is 316 g/mol. The van der Waals surface area contributed by atoms with Crippen molar-refractivity contribution in [2.75, 3.05) is 42.9 Å². The summed E-state index contributed by atoms with van der Waals surface area (Å²) in [7, 11) is 0. The Kier molecular flexibility index (Phi) is 4.31. The van der Waals surface area contributed by atoms with Gasteiger partial charge in [0.15, 0.2) is 5.82 Å². The van der Waals surface area contributed by atoms with Gasteiger partial charge in [0.25, 0.3) is 0 Å². The summed E-state index contributed by atoms with van der Waals surface area (Å²) < 4.78 is 0. The number of hydrogen-bond donors (Lipinski definition) is 3. The van der Waals surface area contributed by atoms with Crippen molar-refractivity contribution in [3.8, 4) is 0 Å². The number of anilines is 2. The molecule has 0 spiro atoms. The second-order valence-electron chi connectivity index (χ2n) is 6.72. The summed E-state index contributed by atoms with van der Waals surface area (Å²) in [5, 5.41) is 13.7. The molecule has 0 atom stereocenters. The summed E-state index contributed by atoms with van der Waals surface area (Å²) in [4.78, 5) is 16.6. The molecule has 1 aromatic carbocycles. The number of aryl methyl sites for hydroxylation is 1. The Bertz CT molecular complexity index is 763. The highest BCUT2D eigenvalue weighted by Gasteiger charge is 2.22. The molecule has 4 rings (SSSR count). The molecule has 25 heavy (non-hydrogen) atoms. The first-order valence-corrected chi connectivity index (χ1v) is 8.84. The van der Waals surface area contributed by atoms with E-state index in [9.17, 15) is 4.79 Å². The third-order valence-electron chi connectivity index (χ3n) is 4.93. The molecule has 7 heteroatoms. The van der Waals surface area contributed by atoms with E-state index in [1.54, 1.807) is 0 Å². The second kappa shape index (κ2) is 6.76. The SMILES string of the molecule is Cc1cc(N2CCN(C(=O)Nc3ccc4c(c3)CNCC4)CC2)n[nH]1. The Morgan fingerprint density at radius 3 is 2.76 bits per heavy atom. The van der Waals surface area contributed by atoms with Crippen molar-refractivity contribution in [2.45, 2.75) is 19.9 Å². The largest absolute Gasteiger partial charge is 0.352 e. The van der Waals surface area contributed by atoms with Crippen LogP contribution in [0.25, 0.3) is 0 Å². The number of rotatable bonds is 2. The summed E-state index contributed by atoms with van der Waals surface area (Å²) in [6, 6.07) is 8.23. The van der Waals surface area contributed by atoms with Crippen LogP contribution in [0.3, 0.4) is 0 Å². The summed E-state index contributed by atoms with van der Waals surface area (Å²) in [6.07, 6.45) is 1.05. The van der Waals surface area contributed by atoms with Gasteiger partial charge in [-0.25, -0.2) is 4.79 Å². The molecule has 3 heterocycles. The second-order valence-corrected chi connectivity index (χ2v) is 6.72. The molecule has 2 aliphatic heterocycles. The number of benzene rings is 1. The molecule has 1 fully saturated rings. The zero-order chi connectivity index (χ0) is 17.2. The molecular formula is C18H24N6O. The van der Waals surface area contributed by atoms with Gasteiger partial charge in [0.2, 0.25) is 0 Å². The van der Waals surface area contributed by atoms with Gasteiger partial charge in [-0.2, -0.15) is 5.10 Å². The lowest BCUT2D eigenvalue weighted by molar-refractivity contribution is 0.208. The van der Waals surface area contributed by atoms with E-state index in [2.05, 4.69) is 37.9 Å². The Morgan fingerprint density at radius 1 is 1.16 bits per heavy atom. The number of aromatic nitrogens is 2. The van der Waals surface area contributed by atoms with Gasteiger partial charge in [-0.3, -0.25) is 5.10 Å². The van der Waals surface area contributed by atoms with Crippen LogP contribution in [0.2, 0.25) is 0 Å². The molecule has 0 bridgehead atoms. The molecule has 0 radical (unpaired) electrons. The summed E-state index contributed by atoms with van der Waals surface area (Å²) in [5.41, 5.74) is 4.58. The first-order chi connectivity index (χ1) is 12.2. The smallest absolute Gasteiger partial charge is 0.321 e. The van der Waals surface area contributed by atoms with E-state index in [1.807, 2.05) is 24.0 Å². The maximum absolute atomic E-state index is 12.5. The van der Waals surface area contributed by atoms with Gasteiger partial charge in [0.1, 0.15) is 0 Å². The third kappa shape index (κ3) is 3.46. The molecule has 2 aromatic rings. The van der Waals surface area contributed by atoms with Gasteiger partial charge in [-0.15, -0.1) is 0 Å². The zero-order valence-electron chi connectivity index (χ0n) is 14.5. The molecule has 132 valence electrons. The molecule has 2 aliphatic rings. The van der Waals surface area contributed by atoms with Gasteiger partial charge in [0.05, 0.1) is 0 Å². The topological polar surface area (TPSA) is 76.3 Å². The quantitative estimate of drug-likeness (QED) is 0.778. The van der Waals surface area contributed by atoms with Crippen LogP contribution < -0.4 is 15.5 Å². The van der Waals surface area contributed by atoms with Gasteiger partial charge >= 0.3 is 6.03 Å². The highest BCUT2D eigenvalue weighted by atomic mass is 16.2. The molecule has 7 nitrogen and oxygen atoms in total. The van der Waals surface area contributed by atoms with Crippen LogP contribution in [0.15, 0.2) is 24.3 Å². The lowest BCUT2D eigenvalue weighted by Gasteiger charge is -2.34. The van der Waals surface area contributed by atoms with Gasteiger partial charge in [-0.1, -0.05) is 6.07 Å². The van der Waals surface area contributed by atoms with E-state index in [0.29, 0.717) is 13.1 Å². The number of hydrogen-bond acceptors (Lipinski definition) is 4. The van der Waals surface area contributed by atoms with Crippen LogP contribution in [-0.2, 0) is 13.0 Å². The van der Waals surface area contributed by atoms with Gasteiger partial charge in [-0.05, 0) is 43.1 Å². The number of amides is 2. The van der Waals surface area contributed by atoms with Crippen LogP contribution in [0.4, 0.5) is 16.3 Å². The Morgan fingerprint density at radius 2 is 2.00 bits per heavy atom. The number of nitrogens with one attached hydrogen (secondary N) is 3. The summed E-state index contributed by atoms with van der Waals surface area (Å²) in [5.74, 6) is 0.958. The molecule has 2 amide bonds. The first-order valence-electron chi connectivity index (χ1n) is 8.84. The van der Waals surface area contributed by atoms with Crippen LogP contribution >= 0.6 is 0 Å². The van der Waals surface area contributed by atoms with Crippen LogP contribution in [-0.4, -0.2) is 53.9 Å². The lowest BCUT2D eigenvalue weighted by Crippen LogP contribution is -2.50. The number of carbonyl (C=O) groups excluding carboxylic acids is 1. The van der Waals surface area contributed by atoms with Crippen molar-refractivity contribution < 1.29 is 4.79 Å². The fourth-order valence-corrected chi connectivity index (χ4v) is 3.47. The van der Waals surface area contributed by atoms with E-state index in [1.165, 1.54) is 11.1 Å². The van der Waals surface area contributed by atoms with Crippen molar-refractivity contribution >= 4 is 17.5 Å². The number of fused-ring (bicyclic) bond motifs is 1. The maximum Gasteiger partial charge on any atom is 0.321 e. The average Bonchev–Trinajstić information content (AvgIpc) is 3.08. The van der Waals surface area contributed by atoms with E-state index in [0.717, 1.165) is 49.8 Å².